The molecule has 3 nitrogen and oxygen atoms in total. The van der Waals surface area contributed by atoms with E-state index in [9.17, 15) is 5.11 Å². The largest absolute Gasteiger partial charge is 0.507 e. The molecule has 0 unspecified atom stereocenters. The summed E-state index contributed by atoms with van der Waals surface area (Å²) in [6.45, 7) is 4.23. The van der Waals surface area contributed by atoms with E-state index in [1.807, 2.05) is 60.9 Å². The molecule has 3 heteroatoms. The van der Waals surface area contributed by atoms with Crippen molar-refractivity contribution >= 4 is 6.21 Å². The standard InChI is InChI=1S/C20H20N2O/c1-20(2,17-10-4-3-5-11-17)18-12-8-9-16(19(18)23)15-21-22-13-6-7-14-22/h3-15,23H,1-2H3. The molecular formula is C20H20N2O. The highest BCUT2D eigenvalue weighted by Crippen LogP contribution is 2.37. The molecular weight excluding hydrogens is 284 g/mol. The lowest BCUT2D eigenvalue weighted by Gasteiger charge is -2.27. The zero-order valence-electron chi connectivity index (χ0n) is 13.3. The summed E-state index contributed by atoms with van der Waals surface area (Å²) >= 11 is 0. The van der Waals surface area contributed by atoms with Gasteiger partial charge in [-0.25, -0.2) is 4.68 Å². The van der Waals surface area contributed by atoms with Crippen LogP contribution in [0.2, 0.25) is 0 Å². The van der Waals surface area contributed by atoms with E-state index in [0.717, 1.165) is 11.1 Å². The molecule has 23 heavy (non-hydrogen) atoms. The molecule has 0 radical (unpaired) electrons. The van der Waals surface area contributed by atoms with Gasteiger partial charge in [0, 0.05) is 28.9 Å². The summed E-state index contributed by atoms with van der Waals surface area (Å²) in [4.78, 5) is 0. The van der Waals surface area contributed by atoms with Crippen LogP contribution in [0, 0.1) is 0 Å². The van der Waals surface area contributed by atoms with Gasteiger partial charge in [0.15, 0.2) is 0 Å². The fourth-order valence-corrected chi connectivity index (χ4v) is 2.71. The van der Waals surface area contributed by atoms with E-state index >= 15 is 0 Å². The van der Waals surface area contributed by atoms with Crippen molar-refractivity contribution in [3.8, 4) is 5.75 Å². The van der Waals surface area contributed by atoms with E-state index in [1.54, 1.807) is 10.9 Å². The van der Waals surface area contributed by atoms with Crippen LogP contribution in [0.25, 0.3) is 0 Å². The third-order valence-electron chi connectivity index (χ3n) is 4.15. The summed E-state index contributed by atoms with van der Waals surface area (Å²) in [5.74, 6) is 0.275. The van der Waals surface area contributed by atoms with Gasteiger partial charge in [0.1, 0.15) is 5.75 Å². The molecule has 0 saturated heterocycles. The highest BCUT2D eigenvalue weighted by molar-refractivity contribution is 5.84. The zero-order valence-corrected chi connectivity index (χ0v) is 13.3. The highest BCUT2D eigenvalue weighted by Gasteiger charge is 2.26. The first kappa shape index (κ1) is 15.1. The summed E-state index contributed by atoms with van der Waals surface area (Å²) in [5.41, 5.74) is 2.47. The summed E-state index contributed by atoms with van der Waals surface area (Å²) < 4.78 is 1.70. The van der Waals surface area contributed by atoms with Crippen LogP contribution in [0.15, 0.2) is 78.2 Å². The second kappa shape index (κ2) is 6.13. The number of phenols is 1. The molecule has 0 fully saturated rings. The maximum absolute atomic E-state index is 10.7. The first-order valence-corrected chi connectivity index (χ1v) is 7.64. The van der Waals surface area contributed by atoms with E-state index in [-0.39, 0.29) is 11.2 Å². The summed E-state index contributed by atoms with van der Waals surface area (Å²) in [6.07, 6.45) is 5.39. The molecule has 2 aromatic carbocycles. The van der Waals surface area contributed by atoms with Gasteiger partial charge in [-0.15, -0.1) is 0 Å². The average Bonchev–Trinajstić information content (AvgIpc) is 3.08. The smallest absolute Gasteiger partial charge is 0.128 e. The molecule has 0 atom stereocenters. The molecule has 0 bridgehead atoms. The number of aromatic nitrogens is 1. The minimum Gasteiger partial charge on any atom is -0.507 e. The maximum atomic E-state index is 10.7. The Morgan fingerprint density at radius 2 is 1.61 bits per heavy atom. The van der Waals surface area contributed by atoms with E-state index in [1.165, 1.54) is 0 Å². The van der Waals surface area contributed by atoms with Crippen LogP contribution in [-0.4, -0.2) is 16.0 Å². The van der Waals surface area contributed by atoms with Crippen molar-refractivity contribution in [3.63, 3.8) is 0 Å². The minimum atomic E-state index is -0.289. The molecule has 3 rings (SSSR count). The molecule has 116 valence electrons. The second-order valence-electron chi connectivity index (χ2n) is 6.04. The van der Waals surface area contributed by atoms with Gasteiger partial charge in [-0.05, 0) is 23.8 Å². The van der Waals surface area contributed by atoms with Crippen molar-refractivity contribution in [2.45, 2.75) is 19.3 Å². The summed E-state index contributed by atoms with van der Waals surface area (Å²) in [6, 6.07) is 19.8. The van der Waals surface area contributed by atoms with E-state index < -0.39 is 0 Å². The number of aromatic hydroxyl groups is 1. The maximum Gasteiger partial charge on any atom is 0.128 e. The normalized spacial score (nSPS) is 11.9. The Hall–Kier alpha value is -2.81. The van der Waals surface area contributed by atoms with Crippen molar-refractivity contribution < 1.29 is 5.11 Å². The van der Waals surface area contributed by atoms with Crippen molar-refractivity contribution in [3.05, 3.63) is 89.7 Å². The zero-order chi connectivity index (χ0) is 16.3. The lowest BCUT2D eigenvalue weighted by atomic mass is 9.77. The van der Waals surface area contributed by atoms with Gasteiger partial charge in [0.05, 0.1) is 6.21 Å². The Labute approximate surface area is 136 Å². The molecule has 0 spiro atoms. The number of hydrogen-bond donors (Lipinski definition) is 1. The number of nitrogens with zero attached hydrogens (tertiary/aromatic N) is 2. The van der Waals surface area contributed by atoms with Gasteiger partial charge in [-0.1, -0.05) is 56.3 Å². The van der Waals surface area contributed by atoms with Crippen LogP contribution >= 0.6 is 0 Å². The Morgan fingerprint density at radius 1 is 0.913 bits per heavy atom. The summed E-state index contributed by atoms with van der Waals surface area (Å²) in [7, 11) is 0. The van der Waals surface area contributed by atoms with Gasteiger partial charge in [-0.2, -0.15) is 5.10 Å². The minimum absolute atomic E-state index is 0.275. The molecule has 0 saturated carbocycles. The first-order valence-electron chi connectivity index (χ1n) is 7.64. The Bertz CT molecular complexity index is 803. The van der Waals surface area contributed by atoms with Gasteiger partial charge < -0.3 is 5.11 Å². The Morgan fingerprint density at radius 3 is 2.30 bits per heavy atom. The van der Waals surface area contributed by atoms with Gasteiger partial charge in [0.2, 0.25) is 0 Å². The lowest BCUT2D eigenvalue weighted by Crippen LogP contribution is -2.19. The average molecular weight is 304 g/mol. The second-order valence-corrected chi connectivity index (χ2v) is 6.04. The highest BCUT2D eigenvalue weighted by atomic mass is 16.3. The molecule has 0 aliphatic heterocycles. The number of rotatable bonds is 4. The summed E-state index contributed by atoms with van der Waals surface area (Å²) in [5, 5.41) is 15.0. The van der Waals surface area contributed by atoms with Gasteiger partial charge in [-0.3, -0.25) is 0 Å². The van der Waals surface area contributed by atoms with Crippen LogP contribution in [0.1, 0.15) is 30.5 Å². The fraction of sp³-hybridized carbons (Fsp3) is 0.150. The Kier molecular flexibility index (Phi) is 4.02. The third-order valence-corrected chi connectivity index (χ3v) is 4.15. The molecule has 0 aliphatic carbocycles. The van der Waals surface area contributed by atoms with Gasteiger partial charge >= 0.3 is 0 Å². The number of phenolic OH excluding ortho intramolecular Hbond substituents is 1. The van der Waals surface area contributed by atoms with Gasteiger partial charge in [0.25, 0.3) is 0 Å². The lowest BCUT2D eigenvalue weighted by molar-refractivity contribution is 0.452. The molecule has 1 aromatic heterocycles. The number of hydrogen-bond acceptors (Lipinski definition) is 2. The third kappa shape index (κ3) is 3.04. The van der Waals surface area contributed by atoms with E-state index in [4.69, 9.17) is 0 Å². The van der Waals surface area contributed by atoms with Crippen LogP contribution in [0.4, 0.5) is 0 Å². The predicted molar refractivity (Wildman–Crippen MR) is 94.1 cm³/mol. The van der Waals surface area contributed by atoms with Crippen LogP contribution in [0.5, 0.6) is 5.75 Å². The predicted octanol–water partition coefficient (Wildman–Crippen LogP) is 4.40. The van der Waals surface area contributed by atoms with Crippen LogP contribution in [0.3, 0.4) is 0 Å². The van der Waals surface area contributed by atoms with E-state index in [0.29, 0.717) is 5.56 Å². The SMILES string of the molecule is CC(C)(c1ccccc1)c1cccc(C=Nn2cccc2)c1O. The number of para-hydroxylation sites is 1. The Balaban J connectivity index is 2.00. The monoisotopic (exact) mass is 304 g/mol. The topological polar surface area (TPSA) is 37.5 Å². The van der Waals surface area contributed by atoms with Crippen LogP contribution in [-0.2, 0) is 5.41 Å². The van der Waals surface area contributed by atoms with Crippen molar-refractivity contribution in [2.75, 3.05) is 0 Å². The number of benzene rings is 2. The molecule has 1 heterocycles. The quantitative estimate of drug-likeness (QED) is 0.713. The molecule has 0 amide bonds. The van der Waals surface area contributed by atoms with Crippen molar-refractivity contribution in [1.82, 2.24) is 4.68 Å². The van der Waals surface area contributed by atoms with Crippen molar-refractivity contribution in [1.29, 1.82) is 0 Å². The van der Waals surface area contributed by atoms with E-state index in [2.05, 4.69) is 31.1 Å². The fourth-order valence-electron chi connectivity index (χ4n) is 2.71. The molecule has 3 aromatic rings. The first-order chi connectivity index (χ1) is 11.1. The van der Waals surface area contributed by atoms with Crippen LogP contribution < -0.4 is 0 Å². The molecule has 0 aliphatic rings. The molecule has 1 N–H and O–H groups in total. The van der Waals surface area contributed by atoms with Crippen molar-refractivity contribution in [2.24, 2.45) is 5.10 Å².